The van der Waals surface area contributed by atoms with Gasteiger partial charge in [-0.15, -0.1) is 0 Å². The topological polar surface area (TPSA) is 95.5 Å². The number of carboxylic acid groups (broad SMARTS) is 1. The Morgan fingerprint density at radius 3 is 2.33 bits per heavy atom. The van der Waals surface area contributed by atoms with Gasteiger partial charge in [-0.2, -0.15) is 0 Å². The van der Waals surface area contributed by atoms with E-state index in [1.807, 2.05) is 13.8 Å². The number of carboxylic acids is 1. The van der Waals surface area contributed by atoms with Crippen molar-refractivity contribution in [1.29, 1.82) is 0 Å². The van der Waals surface area contributed by atoms with Crippen molar-refractivity contribution >= 4 is 23.5 Å². The molecule has 1 aromatic rings. The fourth-order valence-corrected chi connectivity index (χ4v) is 1.58. The molecule has 0 aliphatic heterocycles. The lowest BCUT2D eigenvalue weighted by molar-refractivity contribution is -0.137. The molecular weight excluding hydrogens is 272 g/mol. The van der Waals surface area contributed by atoms with Crippen LogP contribution in [0.15, 0.2) is 24.3 Å². The highest BCUT2D eigenvalue weighted by Gasteiger charge is 2.10. The van der Waals surface area contributed by atoms with Crippen LogP contribution in [-0.4, -0.2) is 29.4 Å². The summed E-state index contributed by atoms with van der Waals surface area (Å²) < 4.78 is 0. The number of hydrogen-bond donors (Lipinski definition) is 3. The number of benzene rings is 1. The molecule has 0 bridgehead atoms. The lowest BCUT2D eigenvalue weighted by Crippen LogP contribution is -2.30. The molecule has 6 heteroatoms. The molecule has 2 amide bonds. The molecule has 1 aromatic carbocycles. The van der Waals surface area contributed by atoms with Gasteiger partial charge in [0.2, 0.25) is 11.8 Å². The number of aliphatic carboxylic acids is 1. The third kappa shape index (κ3) is 6.07. The molecule has 1 rings (SSSR count). The summed E-state index contributed by atoms with van der Waals surface area (Å²) in [5.74, 6) is -1.52. The molecular formula is C15H20N2O4. The third-order valence-electron chi connectivity index (χ3n) is 3.08. The smallest absolute Gasteiger partial charge is 0.322 e. The average Bonchev–Trinajstić information content (AvgIpc) is 2.46. The van der Waals surface area contributed by atoms with Crippen LogP contribution in [0, 0.1) is 5.92 Å². The number of nitrogens with one attached hydrogen (secondary N) is 2. The summed E-state index contributed by atoms with van der Waals surface area (Å²) in [6, 6.07) is 6.90. The summed E-state index contributed by atoms with van der Waals surface area (Å²) >= 11 is 0. The number of carbonyl (C=O) groups is 3. The zero-order valence-electron chi connectivity index (χ0n) is 12.2. The van der Waals surface area contributed by atoms with Gasteiger partial charge < -0.3 is 15.7 Å². The Labute approximate surface area is 123 Å². The van der Waals surface area contributed by atoms with E-state index >= 15 is 0 Å². The van der Waals surface area contributed by atoms with Crippen LogP contribution in [0.2, 0.25) is 0 Å². The van der Waals surface area contributed by atoms with Crippen LogP contribution in [0.25, 0.3) is 0 Å². The maximum absolute atomic E-state index is 11.7. The van der Waals surface area contributed by atoms with Crippen LogP contribution in [0.5, 0.6) is 0 Å². The van der Waals surface area contributed by atoms with Crippen molar-refractivity contribution < 1.29 is 19.5 Å². The van der Waals surface area contributed by atoms with Crippen LogP contribution >= 0.6 is 0 Å². The quantitative estimate of drug-likeness (QED) is 0.708. The minimum Gasteiger partial charge on any atom is -0.480 e. The van der Waals surface area contributed by atoms with E-state index in [9.17, 15) is 14.4 Å². The molecule has 0 fully saturated rings. The highest BCUT2D eigenvalue weighted by molar-refractivity contribution is 5.92. The molecule has 6 nitrogen and oxygen atoms in total. The van der Waals surface area contributed by atoms with E-state index in [1.165, 1.54) is 0 Å². The number of rotatable bonds is 7. The highest BCUT2D eigenvalue weighted by Crippen LogP contribution is 2.12. The van der Waals surface area contributed by atoms with E-state index in [0.717, 1.165) is 12.0 Å². The summed E-state index contributed by atoms with van der Waals surface area (Å²) in [6.45, 7) is 3.42. The van der Waals surface area contributed by atoms with Crippen molar-refractivity contribution in [3.8, 4) is 0 Å². The van der Waals surface area contributed by atoms with Crippen molar-refractivity contribution in [2.75, 3.05) is 11.9 Å². The maximum Gasteiger partial charge on any atom is 0.322 e. The number of hydrogen-bond acceptors (Lipinski definition) is 3. The molecule has 0 saturated heterocycles. The Morgan fingerprint density at radius 1 is 1.19 bits per heavy atom. The molecule has 0 heterocycles. The Kier molecular flexibility index (Phi) is 6.39. The predicted octanol–water partition coefficient (Wildman–Crippen LogP) is 1.41. The molecule has 0 spiro atoms. The Hall–Kier alpha value is -2.37. The van der Waals surface area contributed by atoms with Crippen LogP contribution in [0.4, 0.5) is 5.69 Å². The number of carbonyl (C=O) groups excluding carboxylic acids is 2. The average molecular weight is 292 g/mol. The first kappa shape index (κ1) is 16.7. The molecule has 1 unspecified atom stereocenters. The molecule has 114 valence electrons. The summed E-state index contributed by atoms with van der Waals surface area (Å²) in [7, 11) is 0. The van der Waals surface area contributed by atoms with Gasteiger partial charge in [0.1, 0.15) is 6.54 Å². The van der Waals surface area contributed by atoms with Gasteiger partial charge in [-0.1, -0.05) is 26.0 Å². The van der Waals surface area contributed by atoms with E-state index in [0.29, 0.717) is 5.69 Å². The first-order valence-electron chi connectivity index (χ1n) is 6.80. The molecule has 0 aliphatic carbocycles. The standard InChI is InChI=1S/C15H20N2O4/c1-3-10(2)15(21)17-12-6-4-11(5-7-12)8-13(18)16-9-14(19)20/h4-7,10H,3,8-9H2,1-2H3,(H,16,18)(H,17,21)(H,19,20). The minimum absolute atomic E-state index is 0.0375. The van der Waals surface area contributed by atoms with Crippen molar-refractivity contribution in [2.45, 2.75) is 26.7 Å². The summed E-state index contributed by atoms with van der Waals surface area (Å²) in [5.41, 5.74) is 1.43. The van der Waals surface area contributed by atoms with E-state index in [2.05, 4.69) is 10.6 Å². The first-order valence-corrected chi connectivity index (χ1v) is 6.80. The number of anilines is 1. The maximum atomic E-state index is 11.7. The van der Waals surface area contributed by atoms with E-state index < -0.39 is 5.97 Å². The van der Waals surface area contributed by atoms with Crippen molar-refractivity contribution in [3.05, 3.63) is 29.8 Å². The monoisotopic (exact) mass is 292 g/mol. The molecule has 1 atom stereocenters. The first-order chi connectivity index (χ1) is 9.92. The minimum atomic E-state index is -1.08. The second-order valence-electron chi connectivity index (χ2n) is 4.84. The van der Waals surface area contributed by atoms with Gasteiger partial charge in [0.05, 0.1) is 6.42 Å². The lowest BCUT2D eigenvalue weighted by Gasteiger charge is -2.10. The van der Waals surface area contributed by atoms with Gasteiger partial charge in [0.15, 0.2) is 0 Å². The molecule has 3 N–H and O–H groups in total. The van der Waals surface area contributed by atoms with Gasteiger partial charge in [-0.05, 0) is 24.1 Å². The molecule has 0 aromatic heterocycles. The van der Waals surface area contributed by atoms with Crippen LogP contribution in [0.1, 0.15) is 25.8 Å². The van der Waals surface area contributed by atoms with Crippen LogP contribution in [-0.2, 0) is 20.8 Å². The normalized spacial score (nSPS) is 11.5. The van der Waals surface area contributed by atoms with Crippen molar-refractivity contribution in [1.82, 2.24) is 5.32 Å². The SMILES string of the molecule is CCC(C)C(=O)Nc1ccc(CC(=O)NCC(=O)O)cc1. The summed E-state index contributed by atoms with van der Waals surface area (Å²) in [4.78, 5) is 33.5. The summed E-state index contributed by atoms with van der Waals surface area (Å²) in [5, 5.41) is 13.5. The van der Waals surface area contributed by atoms with Gasteiger partial charge in [0, 0.05) is 11.6 Å². The van der Waals surface area contributed by atoms with Crippen molar-refractivity contribution in [2.24, 2.45) is 5.92 Å². The van der Waals surface area contributed by atoms with E-state index in [-0.39, 0.29) is 30.7 Å². The van der Waals surface area contributed by atoms with Gasteiger partial charge >= 0.3 is 5.97 Å². The van der Waals surface area contributed by atoms with Crippen molar-refractivity contribution in [3.63, 3.8) is 0 Å². The lowest BCUT2D eigenvalue weighted by atomic mass is 10.1. The van der Waals surface area contributed by atoms with Crippen LogP contribution < -0.4 is 10.6 Å². The largest absolute Gasteiger partial charge is 0.480 e. The second-order valence-corrected chi connectivity index (χ2v) is 4.84. The van der Waals surface area contributed by atoms with Gasteiger partial charge in [-0.3, -0.25) is 14.4 Å². The second kappa shape index (κ2) is 8.04. The van der Waals surface area contributed by atoms with Gasteiger partial charge in [-0.25, -0.2) is 0 Å². The number of amides is 2. The Morgan fingerprint density at radius 2 is 1.81 bits per heavy atom. The zero-order chi connectivity index (χ0) is 15.8. The Bertz CT molecular complexity index is 511. The molecule has 0 saturated carbocycles. The third-order valence-corrected chi connectivity index (χ3v) is 3.08. The molecule has 0 aliphatic rings. The molecule has 0 radical (unpaired) electrons. The van der Waals surface area contributed by atoms with Gasteiger partial charge in [0.25, 0.3) is 0 Å². The summed E-state index contributed by atoms with van der Waals surface area (Å²) in [6.07, 6.45) is 0.876. The fraction of sp³-hybridized carbons (Fsp3) is 0.400. The highest BCUT2D eigenvalue weighted by atomic mass is 16.4. The fourth-order valence-electron chi connectivity index (χ4n) is 1.58. The Balaban J connectivity index is 2.52. The van der Waals surface area contributed by atoms with Crippen LogP contribution in [0.3, 0.4) is 0 Å². The molecule has 21 heavy (non-hydrogen) atoms. The zero-order valence-corrected chi connectivity index (χ0v) is 12.2. The van der Waals surface area contributed by atoms with E-state index in [4.69, 9.17) is 5.11 Å². The predicted molar refractivity (Wildman–Crippen MR) is 78.9 cm³/mol. The van der Waals surface area contributed by atoms with E-state index in [1.54, 1.807) is 24.3 Å².